The molecule has 76 valence electrons. The van der Waals surface area contributed by atoms with Crippen molar-refractivity contribution in [2.24, 2.45) is 0 Å². The molecule has 1 aliphatic carbocycles. The smallest absolute Gasteiger partial charge is 0.0730 e. The van der Waals surface area contributed by atoms with E-state index < -0.39 is 0 Å². The van der Waals surface area contributed by atoms with Crippen molar-refractivity contribution >= 4 is 30.5 Å². The van der Waals surface area contributed by atoms with Crippen LogP contribution in [0.3, 0.4) is 0 Å². The second-order valence-corrected chi connectivity index (χ2v) is 3.21. The number of nitrogen functional groups attached to an aromatic ring is 1. The number of aromatic nitrogens is 2. The van der Waals surface area contributed by atoms with E-state index in [1.807, 2.05) is 6.92 Å². The largest absolute Gasteiger partial charge is 0.396 e. The van der Waals surface area contributed by atoms with E-state index in [1.165, 1.54) is 19.3 Å². The summed E-state index contributed by atoms with van der Waals surface area (Å²) < 4.78 is 2.05. The summed E-state index contributed by atoms with van der Waals surface area (Å²) in [4.78, 5) is 0. The Labute approximate surface area is 90.5 Å². The van der Waals surface area contributed by atoms with Gasteiger partial charge in [0.25, 0.3) is 0 Å². The number of halogens is 2. The van der Waals surface area contributed by atoms with Gasteiger partial charge in [-0.1, -0.05) is 0 Å². The molecule has 0 atom stereocenters. The van der Waals surface area contributed by atoms with Gasteiger partial charge >= 0.3 is 0 Å². The first-order valence-electron chi connectivity index (χ1n) is 4.08. The van der Waals surface area contributed by atoms with Gasteiger partial charge in [-0.2, -0.15) is 5.10 Å². The van der Waals surface area contributed by atoms with Crippen molar-refractivity contribution in [2.75, 3.05) is 5.73 Å². The van der Waals surface area contributed by atoms with Crippen molar-refractivity contribution in [3.8, 4) is 0 Å². The zero-order chi connectivity index (χ0) is 7.84. The Morgan fingerprint density at radius 3 is 2.38 bits per heavy atom. The summed E-state index contributed by atoms with van der Waals surface area (Å²) in [5.74, 6) is 0. The van der Waals surface area contributed by atoms with Gasteiger partial charge in [0.15, 0.2) is 0 Å². The fourth-order valence-electron chi connectivity index (χ4n) is 1.44. The molecule has 0 radical (unpaired) electrons. The molecule has 2 N–H and O–H groups in total. The molecule has 0 aromatic carbocycles. The Balaban J connectivity index is 0.000000720. The molecule has 13 heavy (non-hydrogen) atoms. The van der Waals surface area contributed by atoms with Gasteiger partial charge in [0, 0.05) is 0 Å². The lowest BCUT2D eigenvalue weighted by atomic mass is 9.93. The zero-order valence-corrected chi connectivity index (χ0v) is 9.20. The van der Waals surface area contributed by atoms with Crippen LogP contribution in [0.15, 0.2) is 6.20 Å². The lowest BCUT2D eigenvalue weighted by Crippen LogP contribution is -2.19. The van der Waals surface area contributed by atoms with Crippen LogP contribution in [0.2, 0.25) is 0 Å². The maximum atomic E-state index is 5.67. The predicted octanol–water partition coefficient (Wildman–Crippen LogP) is 2.34. The van der Waals surface area contributed by atoms with E-state index in [0.29, 0.717) is 6.04 Å². The molecule has 0 spiro atoms. The molecule has 1 fully saturated rings. The van der Waals surface area contributed by atoms with Crippen molar-refractivity contribution in [1.29, 1.82) is 0 Å². The molecule has 0 bridgehead atoms. The van der Waals surface area contributed by atoms with E-state index in [9.17, 15) is 0 Å². The molecule has 1 aromatic heterocycles. The summed E-state index contributed by atoms with van der Waals surface area (Å²) in [5.41, 5.74) is 7.61. The first kappa shape index (κ1) is 12.6. The lowest BCUT2D eigenvalue weighted by molar-refractivity contribution is 0.285. The molecule has 2 rings (SSSR count). The Morgan fingerprint density at radius 1 is 1.46 bits per heavy atom. The maximum absolute atomic E-state index is 5.67. The molecule has 1 heterocycles. The second kappa shape index (κ2) is 4.72. The standard InChI is InChI=1S/C8H13N3.2ClH/c1-6-8(9)5-10-11(6)7-3-2-4-7;;/h5,7H,2-4,9H2,1H3;2*1H. The Bertz CT molecular complexity index is 268. The van der Waals surface area contributed by atoms with Crippen LogP contribution in [0.25, 0.3) is 0 Å². The van der Waals surface area contributed by atoms with E-state index in [-0.39, 0.29) is 24.8 Å². The molecular weight excluding hydrogens is 209 g/mol. The van der Waals surface area contributed by atoms with E-state index in [0.717, 1.165) is 11.4 Å². The van der Waals surface area contributed by atoms with Crippen molar-refractivity contribution < 1.29 is 0 Å². The number of hydrogen-bond acceptors (Lipinski definition) is 2. The third-order valence-electron chi connectivity index (χ3n) is 2.50. The van der Waals surface area contributed by atoms with Gasteiger partial charge in [-0.3, -0.25) is 4.68 Å². The van der Waals surface area contributed by atoms with E-state index >= 15 is 0 Å². The summed E-state index contributed by atoms with van der Waals surface area (Å²) in [5, 5.41) is 4.23. The number of hydrogen-bond donors (Lipinski definition) is 1. The van der Waals surface area contributed by atoms with Gasteiger partial charge in [0.05, 0.1) is 23.6 Å². The third-order valence-corrected chi connectivity index (χ3v) is 2.50. The van der Waals surface area contributed by atoms with E-state index in [2.05, 4.69) is 9.78 Å². The number of nitrogens with zero attached hydrogens (tertiary/aromatic N) is 2. The molecule has 1 saturated carbocycles. The second-order valence-electron chi connectivity index (χ2n) is 3.21. The van der Waals surface area contributed by atoms with Crippen molar-refractivity contribution in [3.63, 3.8) is 0 Å². The van der Waals surface area contributed by atoms with Crippen LogP contribution < -0.4 is 5.73 Å². The highest BCUT2D eigenvalue weighted by Crippen LogP contribution is 2.32. The number of rotatable bonds is 1. The highest BCUT2D eigenvalue weighted by molar-refractivity contribution is 5.85. The molecule has 1 aromatic rings. The molecular formula is C8H15Cl2N3. The molecule has 3 nitrogen and oxygen atoms in total. The highest BCUT2D eigenvalue weighted by atomic mass is 35.5. The summed E-state index contributed by atoms with van der Waals surface area (Å²) in [6.07, 6.45) is 5.61. The normalized spacial score (nSPS) is 15.5. The SMILES string of the molecule is Cc1c(N)cnn1C1CCC1.Cl.Cl. The molecule has 0 saturated heterocycles. The average molecular weight is 224 g/mol. The zero-order valence-electron chi connectivity index (χ0n) is 7.56. The summed E-state index contributed by atoms with van der Waals surface area (Å²) in [6.45, 7) is 2.03. The third kappa shape index (κ3) is 2.09. The van der Waals surface area contributed by atoms with Gasteiger partial charge in [-0.25, -0.2) is 0 Å². The lowest BCUT2D eigenvalue weighted by Gasteiger charge is -2.26. The fraction of sp³-hybridized carbons (Fsp3) is 0.625. The van der Waals surface area contributed by atoms with Gasteiger partial charge in [-0.15, -0.1) is 24.8 Å². The summed E-state index contributed by atoms with van der Waals surface area (Å²) >= 11 is 0. The minimum Gasteiger partial charge on any atom is -0.396 e. The predicted molar refractivity (Wildman–Crippen MR) is 58.8 cm³/mol. The highest BCUT2D eigenvalue weighted by Gasteiger charge is 2.21. The molecule has 0 amide bonds. The first-order valence-corrected chi connectivity index (χ1v) is 4.08. The molecule has 5 heteroatoms. The fourth-order valence-corrected chi connectivity index (χ4v) is 1.44. The van der Waals surface area contributed by atoms with Gasteiger partial charge < -0.3 is 5.73 Å². The maximum Gasteiger partial charge on any atom is 0.0730 e. The monoisotopic (exact) mass is 223 g/mol. The van der Waals surface area contributed by atoms with Crippen molar-refractivity contribution in [2.45, 2.75) is 32.2 Å². The molecule has 0 unspecified atom stereocenters. The van der Waals surface area contributed by atoms with Crippen LogP contribution in [0.5, 0.6) is 0 Å². The Morgan fingerprint density at radius 2 is 2.08 bits per heavy atom. The number of nitrogens with two attached hydrogens (primary N) is 1. The Kier molecular flexibility index (Phi) is 4.57. The van der Waals surface area contributed by atoms with Crippen LogP contribution in [0, 0.1) is 6.92 Å². The van der Waals surface area contributed by atoms with Gasteiger partial charge in [-0.05, 0) is 26.2 Å². The van der Waals surface area contributed by atoms with Crippen molar-refractivity contribution in [1.82, 2.24) is 9.78 Å². The van der Waals surface area contributed by atoms with Crippen molar-refractivity contribution in [3.05, 3.63) is 11.9 Å². The van der Waals surface area contributed by atoms with Gasteiger partial charge in [0.2, 0.25) is 0 Å². The van der Waals surface area contributed by atoms with Crippen LogP contribution in [-0.2, 0) is 0 Å². The van der Waals surface area contributed by atoms with Crippen LogP contribution in [0.1, 0.15) is 31.0 Å². The topological polar surface area (TPSA) is 43.8 Å². The number of anilines is 1. The first-order chi connectivity index (χ1) is 5.29. The van der Waals surface area contributed by atoms with Crippen LogP contribution >= 0.6 is 24.8 Å². The Hall–Kier alpha value is -0.410. The minimum absolute atomic E-state index is 0. The molecule has 0 aliphatic heterocycles. The van der Waals surface area contributed by atoms with Crippen LogP contribution in [-0.4, -0.2) is 9.78 Å². The average Bonchev–Trinajstić information content (AvgIpc) is 2.15. The van der Waals surface area contributed by atoms with Gasteiger partial charge in [0.1, 0.15) is 0 Å². The summed E-state index contributed by atoms with van der Waals surface area (Å²) in [6, 6.07) is 0.632. The van der Waals surface area contributed by atoms with E-state index in [4.69, 9.17) is 5.73 Å². The van der Waals surface area contributed by atoms with Crippen LogP contribution in [0.4, 0.5) is 5.69 Å². The quantitative estimate of drug-likeness (QED) is 0.795. The minimum atomic E-state index is 0. The van der Waals surface area contributed by atoms with E-state index in [1.54, 1.807) is 6.20 Å². The molecule has 1 aliphatic rings. The summed E-state index contributed by atoms with van der Waals surface area (Å²) in [7, 11) is 0.